The Morgan fingerprint density at radius 2 is 1.68 bits per heavy atom. The smallest absolute Gasteiger partial charge is 0.231 e. The first kappa shape index (κ1) is 14.3. The van der Waals surface area contributed by atoms with Crippen LogP contribution in [0, 0.1) is 5.82 Å². The molecular formula is C17H17FN4. The predicted molar refractivity (Wildman–Crippen MR) is 84.7 cm³/mol. The fourth-order valence-electron chi connectivity index (χ4n) is 2.36. The van der Waals surface area contributed by atoms with Crippen LogP contribution in [0.4, 0.5) is 16.0 Å². The highest BCUT2D eigenvalue weighted by atomic mass is 19.1. The summed E-state index contributed by atoms with van der Waals surface area (Å²) in [6.45, 7) is 0. The van der Waals surface area contributed by atoms with Gasteiger partial charge < -0.3 is 4.90 Å². The van der Waals surface area contributed by atoms with Gasteiger partial charge in [-0.15, -0.1) is 10.2 Å². The maximum Gasteiger partial charge on any atom is 0.231 e. The number of halogens is 1. The molecule has 0 bridgehead atoms. The van der Waals surface area contributed by atoms with Gasteiger partial charge in [0.15, 0.2) is 0 Å². The Morgan fingerprint density at radius 1 is 1.00 bits per heavy atom. The number of benzene rings is 2. The monoisotopic (exact) mass is 296 g/mol. The summed E-state index contributed by atoms with van der Waals surface area (Å²) in [6, 6.07) is 16.5. The van der Waals surface area contributed by atoms with Crippen molar-refractivity contribution in [3.8, 4) is 0 Å². The number of hydrogen-bond acceptors (Lipinski definition) is 3. The maximum atomic E-state index is 13.0. The predicted octanol–water partition coefficient (Wildman–Crippen LogP) is 3.31. The molecule has 22 heavy (non-hydrogen) atoms. The lowest BCUT2D eigenvalue weighted by atomic mass is 10.1. The molecule has 0 unspecified atom stereocenters. The van der Waals surface area contributed by atoms with Crippen molar-refractivity contribution in [3.05, 3.63) is 71.8 Å². The van der Waals surface area contributed by atoms with Crippen LogP contribution in [0.3, 0.4) is 0 Å². The number of hydrogen-bond donors (Lipinski definition) is 0. The van der Waals surface area contributed by atoms with Gasteiger partial charge in [0.25, 0.3) is 0 Å². The number of nitrogens with zero attached hydrogens (tertiary/aromatic N) is 4. The van der Waals surface area contributed by atoms with E-state index in [9.17, 15) is 4.39 Å². The molecule has 0 saturated carbocycles. The van der Waals surface area contributed by atoms with Crippen molar-refractivity contribution in [2.45, 2.75) is 6.42 Å². The first-order valence-electron chi connectivity index (χ1n) is 7.06. The van der Waals surface area contributed by atoms with Crippen LogP contribution in [0.2, 0.25) is 0 Å². The van der Waals surface area contributed by atoms with Gasteiger partial charge in [-0.1, -0.05) is 30.3 Å². The largest absolute Gasteiger partial charge is 0.314 e. The average molecular weight is 296 g/mol. The van der Waals surface area contributed by atoms with E-state index in [1.54, 1.807) is 12.1 Å². The Morgan fingerprint density at radius 3 is 2.36 bits per heavy atom. The molecule has 0 N–H and O–H groups in total. The van der Waals surface area contributed by atoms with Crippen molar-refractivity contribution in [1.82, 2.24) is 14.8 Å². The van der Waals surface area contributed by atoms with Gasteiger partial charge >= 0.3 is 0 Å². The van der Waals surface area contributed by atoms with Crippen LogP contribution in [0.5, 0.6) is 0 Å². The minimum atomic E-state index is -0.250. The van der Waals surface area contributed by atoms with Gasteiger partial charge in [0.2, 0.25) is 5.95 Å². The molecule has 112 valence electrons. The van der Waals surface area contributed by atoms with E-state index in [0.29, 0.717) is 0 Å². The first-order valence-corrected chi connectivity index (χ1v) is 7.06. The van der Waals surface area contributed by atoms with E-state index in [0.717, 1.165) is 23.9 Å². The van der Waals surface area contributed by atoms with Crippen LogP contribution in [-0.4, -0.2) is 21.8 Å². The maximum absolute atomic E-state index is 13.0. The van der Waals surface area contributed by atoms with Crippen LogP contribution in [0.1, 0.15) is 11.4 Å². The van der Waals surface area contributed by atoms with Crippen LogP contribution < -0.4 is 4.90 Å². The third-order valence-electron chi connectivity index (χ3n) is 3.66. The molecule has 0 aliphatic heterocycles. The van der Waals surface area contributed by atoms with E-state index in [-0.39, 0.29) is 5.82 Å². The minimum absolute atomic E-state index is 0.250. The lowest BCUT2D eigenvalue weighted by molar-refractivity contribution is 0.628. The first-order chi connectivity index (χ1) is 10.6. The van der Waals surface area contributed by atoms with E-state index >= 15 is 0 Å². The van der Waals surface area contributed by atoms with Gasteiger partial charge in [0.05, 0.1) is 0 Å². The molecule has 0 spiro atoms. The third-order valence-corrected chi connectivity index (χ3v) is 3.66. The van der Waals surface area contributed by atoms with E-state index < -0.39 is 0 Å². The molecule has 2 aromatic carbocycles. The fourth-order valence-corrected chi connectivity index (χ4v) is 2.36. The Bertz CT molecular complexity index is 750. The molecule has 1 heterocycles. The summed E-state index contributed by atoms with van der Waals surface area (Å²) in [5.41, 5.74) is 2.05. The summed E-state index contributed by atoms with van der Waals surface area (Å²) in [5.74, 6) is 1.35. The van der Waals surface area contributed by atoms with Gasteiger partial charge in [-0.05, 0) is 29.8 Å². The number of aromatic nitrogens is 3. The molecule has 4 nitrogen and oxygen atoms in total. The average Bonchev–Trinajstić information content (AvgIpc) is 2.89. The van der Waals surface area contributed by atoms with Crippen LogP contribution in [0.15, 0.2) is 54.6 Å². The summed E-state index contributed by atoms with van der Waals surface area (Å²) in [6.07, 6.45) is 0.724. The molecule has 0 fully saturated rings. The molecule has 0 aliphatic carbocycles. The molecule has 0 saturated heterocycles. The third kappa shape index (κ3) is 2.83. The van der Waals surface area contributed by atoms with Crippen molar-refractivity contribution in [2.24, 2.45) is 7.05 Å². The summed E-state index contributed by atoms with van der Waals surface area (Å²) < 4.78 is 15.0. The highest BCUT2D eigenvalue weighted by Crippen LogP contribution is 2.22. The Kier molecular flexibility index (Phi) is 3.87. The van der Waals surface area contributed by atoms with Gasteiger partial charge in [0.1, 0.15) is 11.6 Å². The summed E-state index contributed by atoms with van der Waals surface area (Å²) in [4.78, 5) is 1.89. The van der Waals surface area contributed by atoms with Crippen LogP contribution in [0.25, 0.3) is 0 Å². The zero-order chi connectivity index (χ0) is 15.5. The lowest BCUT2D eigenvalue weighted by Gasteiger charge is -2.17. The lowest BCUT2D eigenvalue weighted by Crippen LogP contribution is -2.15. The van der Waals surface area contributed by atoms with Crippen molar-refractivity contribution in [1.29, 1.82) is 0 Å². The van der Waals surface area contributed by atoms with Gasteiger partial charge in [-0.25, -0.2) is 4.39 Å². The van der Waals surface area contributed by atoms with E-state index in [1.165, 1.54) is 17.7 Å². The highest BCUT2D eigenvalue weighted by molar-refractivity contribution is 5.56. The zero-order valence-electron chi connectivity index (χ0n) is 12.6. The second-order valence-electron chi connectivity index (χ2n) is 5.17. The number of rotatable bonds is 4. The summed E-state index contributed by atoms with van der Waals surface area (Å²) in [7, 11) is 3.83. The normalized spacial score (nSPS) is 10.7. The Balaban J connectivity index is 1.85. The molecule has 0 aliphatic rings. The van der Waals surface area contributed by atoms with Gasteiger partial charge in [0, 0.05) is 26.2 Å². The van der Waals surface area contributed by atoms with Crippen molar-refractivity contribution in [2.75, 3.05) is 11.9 Å². The van der Waals surface area contributed by atoms with Gasteiger partial charge in [-0.2, -0.15) is 0 Å². The van der Waals surface area contributed by atoms with Crippen molar-refractivity contribution >= 4 is 11.6 Å². The Hall–Kier alpha value is -2.69. The molecule has 5 heteroatoms. The molecule has 3 rings (SSSR count). The van der Waals surface area contributed by atoms with E-state index in [1.807, 2.05) is 41.8 Å². The van der Waals surface area contributed by atoms with Gasteiger partial charge in [-0.3, -0.25) is 4.57 Å². The molecular weight excluding hydrogens is 279 g/mol. The second kappa shape index (κ2) is 5.97. The number of anilines is 2. The fraction of sp³-hybridized carbons (Fsp3) is 0.176. The standard InChI is InChI=1S/C17H17FN4/c1-21(15-10-8-14(18)9-11-15)17-20-19-16(22(17)2)12-13-6-4-3-5-7-13/h3-11H,12H2,1-2H3. The quantitative estimate of drug-likeness (QED) is 0.740. The molecule has 0 atom stereocenters. The van der Waals surface area contributed by atoms with Crippen LogP contribution in [-0.2, 0) is 13.5 Å². The molecule has 1 aromatic heterocycles. The van der Waals surface area contributed by atoms with Crippen molar-refractivity contribution < 1.29 is 4.39 Å². The SMILES string of the molecule is CN(c1ccc(F)cc1)c1nnc(Cc2ccccc2)n1C. The summed E-state index contributed by atoms with van der Waals surface area (Å²) >= 11 is 0. The summed E-state index contributed by atoms with van der Waals surface area (Å²) in [5, 5.41) is 8.53. The van der Waals surface area contributed by atoms with Crippen LogP contribution >= 0.6 is 0 Å². The Labute approximate surface area is 128 Å². The molecule has 0 amide bonds. The minimum Gasteiger partial charge on any atom is -0.314 e. The van der Waals surface area contributed by atoms with E-state index in [4.69, 9.17) is 0 Å². The second-order valence-corrected chi connectivity index (χ2v) is 5.17. The molecule has 3 aromatic rings. The zero-order valence-corrected chi connectivity index (χ0v) is 12.6. The topological polar surface area (TPSA) is 34.0 Å². The highest BCUT2D eigenvalue weighted by Gasteiger charge is 2.14. The molecule has 0 radical (unpaired) electrons. The van der Waals surface area contributed by atoms with Crippen molar-refractivity contribution in [3.63, 3.8) is 0 Å². The van der Waals surface area contributed by atoms with E-state index in [2.05, 4.69) is 22.3 Å².